The van der Waals surface area contributed by atoms with Crippen LogP contribution in [0.5, 0.6) is 0 Å². The molecule has 8 heteroatoms. The third kappa shape index (κ3) is 2.36. The average Bonchev–Trinajstić information content (AvgIpc) is 2.14. The van der Waals surface area contributed by atoms with Crippen molar-refractivity contribution in [1.82, 2.24) is 0 Å². The molecule has 1 aromatic carbocycles. The van der Waals surface area contributed by atoms with E-state index in [1.807, 2.05) is 0 Å². The van der Waals surface area contributed by atoms with Gasteiger partial charge in [0.1, 0.15) is 0 Å². The van der Waals surface area contributed by atoms with Gasteiger partial charge in [0.25, 0.3) is 5.91 Å². The van der Waals surface area contributed by atoms with Crippen molar-refractivity contribution < 1.29 is 23.1 Å². The predicted molar refractivity (Wildman–Crippen MR) is 59.4 cm³/mol. The van der Waals surface area contributed by atoms with Crippen molar-refractivity contribution in [2.75, 3.05) is 12.0 Å². The number of nitrogen functional groups attached to an aromatic ring is 1. The van der Waals surface area contributed by atoms with Crippen molar-refractivity contribution in [1.29, 1.82) is 0 Å². The summed E-state index contributed by atoms with van der Waals surface area (Å²) in [5, 5.41) is 8.78. The molecule has 0 atom stereocenters. The third-order valence-corrected chi connectivity index (χ3v) is 3.22. The number of sulfone groups is 1. The normalized spacial score (nSPS) is 11.1. The fraction of sp³-hybridized carbons (Fsp3) is 0.111. The van der Waals surface area contributed by atoms with Gasteiger partial charge in [-0.05, 0) is 12.1 Å². The number of hydrogen-bond acceptors (Lipinski definition) is 5. The summed E-state index contributed by atoms with van der Waals surface area (Å²) in [5.41, 5.74) is 9.13. The van der Waals surface area contributed by atoms with Crippen LogP contribution in [0.15, 0.2) is 17.0 Å². The molecule has 0 aromatic heterocycles. The molecule has 0 aliphatic carbocycles. The second kappa shape index (κ2) is 4.06. The number of rotatable bonds is 3. The summed E-state index contributed by atoms with van der Waals surface area (Å²) in [6, 6.07) is 2.01. The molecule has 0 aliphatic rings. The Morgan fingerprint density at radius 1 is 1.29 bits per heavy atom. The number of carbonyl (C=O) groups excluding carboxylic acids is 1. The highest BCUT2D eigenvalue weighted by molar-refractivity contribution is 7.90. The van der Waals surface area contributed by atoms with Gasteiger partial charge in [0.05, 0.1) is 21.7 Å². The van der Waals surface area contributed by atoms with Crippen LogP contribution in [0.2, 0.25) is 0 Å². The summed E-state index contributed by atoms with van der Waals surface area (Å²) in [6.07, 6.45) is 0.870. The first kappa shape index (κ1) is 13.0. The number of benzene rings is 1. The van der Waals surface area contributed by atoms with E-state index in [1.54, 1.807) is 0 Å². The molecule has 7 nitrogen and oxygen atoms in total. The minimum atomic E-state index is -3.72. The Hall–Kier alpha value is -2.09. The Bertz CT molecular complexity index is 606. The first-order valence-corrected chi connectivity index (χ1v) is 6.21. The van der Waals surface area contributed by atoms with Crippen molar-refractivity contribution in [3.8, 4) is 0 Å². The molecule has 1 aromatic rings. The maximum absolute atomic E-state index is 11.4. The molecule has 0 bridgehead atoms. The minimum Gasteiger partial charge on any atom is -0.478 e. The van der Waals surface area contributed by atoms with Gasteiger partial charge in [-0.1, -0.05) is 0 Å². The number of anilines is 1. The summed E-state index contributed by atoms with van der Waals surface area (Å²) in [4.78, 5) is 21.5. The molecule has 0 saturated carbocycles. The van der Waals surface area contributed by atoms with Gasteiger partial charge < -0.3 is 16.6 Å². The van der Waals surface area contributed by atoms with Gasteiger partial charge in [-0.3, -0.25) is 4.79 Å². The number of aromatic carboxylic acids is 1. The maximum Gasteiger partial charge on any atom is 0.337 e. The van der Waals surface area contributed by atoms with Crippen molar-refractivity contribution in [2.45, 2.75) is 4.90 Å². The molecule has 0 radical (unpaired) electrons. The molecule has 0 fully saturated rings. The van der Waals surface area contributed by atoms with E-state index in [4.69, 9.17) is 16.6 Å². The lowest BCUT2D eigenvalue weighted by atomic mass is 10.1. The largest absolute Gasteiger partial charge is 0.478 e. The van der Waals surface area contributed by atoms with Crippen molar-refractivity contribution in [2.24, 2.45) is 5.73 Å². The van der Waals surface area contributed by atoms with Gasteiger partial charge in [0, 0.05) is 6.26 Å². The highest BCUT2D eigenvalue weighted by Crippen LogP contribution is 2.25. The Morgan fingerprint density at radius 2 is 1.82 bits per heavy atom. The number of hydrogen-bond donors (Lipinski definition) is 3. The highest BCUT2D eigenvalue weighted by atomic mass is 32.2. The molecule has 17 heavy (non-hydrogen) atoms. The zero-order valence-corrected chi connectivity index (χ0v) is 9.61. The van der Waals surface area contributed by atoms with E-state index in [0.717, 1.165) is 18.4 Å². The van der Waals surface area contributed by atoms with E-state index in [2.05, 4.69) is 0 Å². The van der Waals surface area contributed by atoms with Crippen molar-refractivity contribution >= 4 is 27.4 Å². The lowest BCUT2D eigenvalue weighted by Gasteiger charge is -2.10. The van der Waals surface area contributed by atoms with Gasteiger partial charge in [0.15, 0.2) is 9.84 Å². The smallest absolute Gasteiger partial charge is 0.337 e. The van der Waals surface area contributed by atoms with Crippen LogP contribution in [0.1, 0.15) is 20.7 Å². The molecule has 1 amide bonds. The third-order valence-electron chi connectivity index (χ3n) is 2.08. The molecule has 0 unspecified atom stereocenters. The van der Waals surface area contributed by atoms with E-state index >= 15 is 0 Å². The first-order chi connectivity index (χ1) is 7.66. The van der Waals surface area contributed by atoms with Crippen LogP contribution in [0.3, 0.4) is 0 Å². The molecule has 0 spiro atoms. The lowest BCUT2D eigenvalue weighted by Crippen LogP contribution is -2.20. The van der Waals surface area contributed by atoms with Crippen LogP contribution in [0, 0.1) is 0 Å². The summed E-state index contributed by atoms with van der Waals surface area (Å²) < 4.78 is 22.8. The van der Waals surface area contributed by atoms with Crippen molar-refractivity contribution in [3.63, 3.8) is 0 Å². The number of amides is 1. The van der Waals surface area contributed by atoms with Crippen molar-refractivity contribution in [3.05, 3.63) is 23.3 Å². The van der Waals surface area contributed by atoms with E-state index in [1.165, 1.54) is 0 Å². The molecular weight excluding hydrogens is 248 g/mol. The molecule has 92 valence electrons. The fourth-order valence-corrected chi connectivity index (χ4v) is 2.25. The molecule has 0 aliphatic heterocycles. The van der Waals surface area contributed by atoms with Gasteiger partial charge in [0.2, 0.25) is 0 Å². The van der Waals surface area contributed by atoms with Gasteiger partial charge in [-0.2, -0.15) is 0 Å². The lowest BCUT2D eigenvalue weighted by molar-refractivity contribution is 0.0698. The number of carboxylic acids is 1. The predicted octanol–water partition coefficient (Wildman–Crippen LogP) is -0.531. The quantitative estimate of drug-likeness (QED) is 0.622. The van der Waals surface area contributed by atoms with E-state index in [9.17, 15) is 18.0 Å². The second-order valence-corrected chi connectivity index (χ2v) is 5.33. The monoisotopic (exact) mass is 258 g/mol. The number of primary amides is 1. The van der Waals surface area contributed by atoms with Gasteiger partial charge in [-0.25, -0.2) is 13.2 Å². The van der Waals surface area contributed by atoms with Crippen LogP contribution in [-0.2, 0) is 9.84 Å². The van der Waals surface area contributed by atoms with E-state index in [-0.39, 0.29) is 10.5 Å². The summed E-state index contributed by atoms with van der Waals surface area (Å²) in [5.74, 6) is -2.46. The first-order valence-electron chi connectivity index (χ1n) is 4.32. The van der Waals surface area contributed by atoms with Gasteiger partial charge in [-0.15, -0.1) is 0 Å². The topological polar surface area (TPSA) is 141 Å². The van der Waals surface area contributed by atoms with Crippen LogP contribution >= 0.6 is 0 Å². The maximum atomic E-state index is 11.4. The zero-order chi connectivity index (χ0) is 13.4. The Balaban J connectivity index is 3.75. The zero-order valence-electron chi connectivity index (χ0n) is 8.80. The Labute approximate surface area is 96.9 Å². The van der Waals surface area contributed by atoms with Gasteiger partial charge >= 0.3 is 5.97 Å². The SMILES string of the molecule is CS(=O)(=O)c1ccc(C(=O)O)c(N)c1C(N)=O. The Morgan fingerprint density at radius 3 is 2.18 bits per heavy atom. The van der Waals surface area contributed by atoms with Crippen LogP contribution in [0.4, 0.5) is 5.69 Å². The number of nitrogens with two attached hydrogens (primary N) is 2. The summed E-state index contributed by atoms with van der Waals surface area (Å²) in [7, 11) is -3.72. The molecular formula is C9H10N2O5S. The average molecular weight is 258 g/mol. The highest BCUT2D eigenvalue weighted by Gasteiger charge is 2.23. The molecule has 0 saturated heterocycles. The van der Waals surface area contributed by atoms with Crippen LogP contribution in [0.25, 0.3) is 0 Å². The molecule has 0 heterocycles. The Kier molecular flexibility index (Phi) is 3.10. The summed E-state index contributed by atoms with van der Waals surface area (Å²) in [6.45, 7) is 0. The number of carboxylic acid groups (broad SMARTS) is 1. The minimum absolute atomic E-state index is 0.369. The molecule has 1 rings (SSSR count). The van der Waals surface area contributed by atoms with E-state index in [0.29, 0.717) is 0 Å². The van der Waals surface area contributed by atoms with Crippen LogP contribution in [-0.4, -0.2) is 31.7 Å². The molecule has 5 N–H and O–H groups in total. The summed E-state index contributed by atoms with van der Waals surface area (Å²) >= 11 is 0. The number of carbonyl (C=O) groups is 2. The standard InChI is InChI=1S/C9H10N2O5S/c1-17(15,16)5-3-2-4(9(13)14)7(10)6(5)8(11)12/h2-3H,10H2,1H3,(H2,11,12)(H,13,14). The fourth-order valence-electron chi connectivity index (χ4n) is 1.35. The van der Waals surface area contributed by atoms with E-state index < -0.39 is 33.0 Å². The van der Waals surface area contributed by atoms with Crippen LogP contribution < -0.4 is 11.5 Å². The second-order valence-electron chi connectivity index (χ2n) is 3.34.